The fourth-order valence-electron chi connectivity index (χ4n) is 3.03. The summed E-state index contributed by atoms with van der Waals surface area (Å²) in [5, 5.41) is 0. The van der Waals surface area contributed by atoms with Gasteiger partial charge in [-0.2, -0.15) is 0 Å². The number of nitrogens with zero attached hydrogens (tertiary/aromatic N) is 2. The van der Waals surface area contributed by atoms with Crippen molar-refractivity contribution in [1.29, 1.82) is 0 Å². The second-order valence-corrected chi connectivity index (χ2v) is 7.02. The first kappa shape index (κ1) is 14.6. The summed E-state index contributed by atoms with van der Waals surface area (Å²) in [5.74, 6) is 0.641. The van der Waals surface area contributed by atoms with E-state index in [2.05, 4.69) is 38.7 Å². The number of carbonyl (C=O) groups is 1. The Labute approximate surface area is 117 Å². The van der Waals surface area contributed by atoms with Gasteiger partial charge < -0.3 is 4.90 Å². The molecule has 2 rings (SSSR count). The first-order valence-electron chi connectivity index (χ1n) is 7.57. The van der Waals surface area contributed by atoms with Crippen LogP contribution in [-0.2, 0) is 4.79 Å². The predicted molar refractivity (Wildman–Crippen MR) is 79.0 cm³/mol. The maximum atomic E-state index is 12.5. The molecule has 0 radical (unpaired) electrons. The van der Waals surface area contributed by atoms with Crippen molar-refractivity contribution in [2.75, 3.05) is 26.2 Å². The Morgan fingerprint density at radius 2 is 1.84 bits per heavy atom. The van der Waals surface area contributed by atoms with Crippen molar-refractivity contribution in [1.82, 2.24) is 9.80 Å². The Hall–Kier alpha value is -0.830. The van der Waals surface area contributed by atoms with Gasteiger partial charge in [0, 0.05) is 24.5 Å². The number of likely N-dealkylation sites (tertiary alicyclic amines) is 1. The quantitative estimate of drug-likeness (QED) is 0.680. The molecule has 0 spiro atoms. The highest BCUT2D eigenvalue weighted by molar-refractivity contribution is 5.79. The lowest BCUT2D eigenvalue weighted by Crippen LogP contribution is -2.49. The Balaban J connectivity index is 1.86. The van der Waals surface area contributed by atoms with Crippen LogP contribution in [0.25, 0.3) is 0 Å². The van der Waals surface area contributed by atoms with E-state index in [1.807, 2.05) is 4.90 Å². The van der Waals surface area contributed by atoms with E-state index in [4.69, 9.17) is 0 Å². The molecule has 2 aliphatic heterocycles. The summed E-state index contributed by atoms with van der Waals surface area (Å²) in [6, 6.07) is 0. The Kier molecular flexibility index (Phi) is 4.34. The lowest BCUT2D eigenvalue weighted by Gasteiger charge is -2.41. The van der Waals surface area contributed by atoms with E-state index in [9.17, 15) is 4.79 Å². The second-order valence-electron chi connectivity index (χ2n) is 7.02. The zero-order valence-electron chi connectivity index (χ0n) is 12.9. The van der Waals surface area contributed by atoms with Crippen molar-refractivity contribution < 1.29 is 4.79 Å². The summed E-state index contributed by atoms with van der Waals surface area (Å²) in [7, 11) is 0. The molecular formula is C16H28N2O. The fourth-order valence-corrected chi connectivity index (χ4v) is 3.03. The molecule has 0 atom stereocenters. The summed E-state index contributed by atoms with van der Waals surface area (Å²) >= 11 is 0. The van der Waals surface area contributed by atoms with E-state index in [1.54, 1.807) is 0 Å². The summed E-state index contributed by atoms with van der Waals surface area (Å²) in [5.41, 5.74) is 1.66. The molecule has 1 saturated heterocycles. The van der Waals surface area contributed by atoms with Crippen molar-refractivity contribution in [3.05, 3.63) is 11.6 Å². The molecule has 2 heterocycles. The van der Waals surface area contributed by atoms with Crippen LogP contribution in [0.5, 0.6) is 0 Å². The first-order chi connectivity index (χ1) is 8.88. The number of carbonyl (C=O) groups excluding carboxylic acids is 1. The van der Waals surface area contributed by atoms with Crippen molar-refractivity contribution in [3.63, 3.8) is 0 Å². The molecule has 0 aromatic rings. The molecule has 0 unspecified atom stereocenters. The van der Waals surface area contributed by atoms with Gasteiger partial charge in [0.1, 0.15) is 0 Å². The van der Waals surface area contributed by atoms with Crippen molar-refractivity contribution in [2.45, 2.75) is 52.5 Å². The van der Waals surface area contributed by atoms with Crippen molar-refractivity contribution in [2.24, 2.45) is 5.92 Å². The molecule has 1 amide bonds. The maximum absolute atomic E-state index is 12.5. The Bertz CT molecular complexity index is 359. The highest BCUT2D eigenvalue weighted by atomic mass is 16.2. The summed E-state index contributed by atoms with van der Waals surface area (Å²) < 4.78 is 0. The van der Waals surface area contributed by atoms with Gasteiger partial charge in [0.25, 0.3) is 0 Å². The van der Waals surface area contributed by atoms with E-state index in [1.165, 1.54) is 5.57 Å². The minimum atomic E-state index is 0.235. The molecule has 0 aliphatic carbocycles. The van der Waals surface area contributed by atoms with Crippen molar-refractivity contribution in [3.8, 4) is 0 Å². The van der Waals surface area contributed by atoms with E-state index >= 15 is 0 Å². The van der Waals surface area contributed by atoms with Crippen LogP contribution in [0.15, 0.2) is 11.6 Å². The van der Waals surface area contributed by atoms with Gasteiger partial charge in [-0.15, -0.1) is 0 Å². The highest BCUT2D eigenvalue weighted by Crippen LogP contribution is 2.26. The number of piperidine rings is 1. The number of hydrogen-bond donors (Lipinski definition) is 0. The van der Waals surface area contributed by atoms with Gasteiger partial charge in [-0.1, -0.05) is 11.6 Å². The first-order valence-corrected chi connectivity index (χ1v) is 7.57. The number of amides is 1. The van der Waals surface area contributed by atoms with Crippen LogP contribution in [0.1, 0.15) is 47.0 Å². The lowest BCUT2D eigenvalue weighted by atomic mass is 9.91. The third kappa shape index (κ3) is 3.59. The second kappa shape index (κ2) is 5.66. The summed E-state index contributed by atoms with van der Waals surface area (Å²) in [4.78, 5) is 17.0. The van der Waals surface area contributed by atoms with Gasteiger partial charge in [0.2, 0.25) is 5.91 Å². The molecule has 0 N–H and O–H groups in total. The zero-order valence-corrected chi connectivity index (χ0v) is 12.9. The third-order valence-corrected chi connectivity index (χ3v) is 4.54. The molecule has 19 heavy (non-hydrogen) atoms. The Morgan fingerprint density at radius 1 is 1.21 bits per heavy atom. The van der Waals surface area contributed by atoms with Crippen molar-refractivity contribution >= 4 is 5.91 Å². The van der Waals surface area contributed by atoms with E-state index in [-0.39, 0.29) is 11.5 Å². The van der Waals surface area contributed by atoms with Gasteiger partial charge in [-0.05, 0) is 60.0 Å². The minimum Gasteiger partial charge on any atom is -0.338 e. The van der Waals surface area contributed by atoms with Gasteiger partial charge in [-0.3, -0.25) is 9.69 Å². The van der Waals surface area contributed by atoms with Crippen LogP contribution in [0.2, 0.25) is 0 Å². The average Bonchev–Trinajstić information content (AvgIpc) is 2.38. The monoisotopic (exact) mass is 264 g/mol. The minimum absolute atomic E-state index is 0.235. The summed E-state index contributed by atoms with van der Waals surface area (Å²) in [6.45, 7) is 12.8. The topological polar surface area (TPSA) is 23.6 Å². The Morgan fingerprint density at radius 3 is 2.32 bits per heavy atom. The predicted octanol–water partition coefficient (Wildman–Crippen LogP) is 2.68. The van der Waals surface area contributed by atoms with E-state index in [0.29, 0.717) is 5.91 Å². The fraction of sp³-hybridized carbons (Fsp3) is 0.812. The molecule has 3 nitrogen and oxygen atoms in total. The standard InChI is InChI=1S/C16H28N2O/c1-13-5-9-17(10-6-13)15(19)14-7-11-18(12-8-14)16(2,3)4/h5,14H,6-12H2,1-4H3. The molecule has 0 aromatic carbocycles. The SMILES string of the molecule is CC1=CCN(C(=O)C2CCN(C(C)(C)C)CC2)CC1. The highest BCUT2D eigenvalue weighted by Gasteiger charge is 2.32. The van der Waals surface area contributed by atoms with Gasteiger partial charge in [0.15, 0.2) is 0 Å². The molecule has 2 aliphatic rings. The largest absolute Gasteiger partial charge is 0.338 e. The summed E-state index contributed by atoms with van der Waals surface area (Å²) in [6.07, 6.45) is 5.29. The van der Waals surface area contributed by atoms with Gasteiger partial charge in [0.05, 0.1) is 0 Å². The maximum Gasteiger partial charge on any atom is 0.226 e. The van der Waals surface area contributed by atoms with Crippen LogP contribution < -0.4 is 0 Å². The van der Waals surface area contributed by atoms with E-state index in [0.717, 1.165) is 45.4 Å². The number of rotatable bonds is 1. The average molecular weight is 264 g/mol. The van der Waals surface area contributed by atoms with Gasteiger partial charge >= 0.3 is 0 Å². The van der Waals surface area contributed by atoms with Crippen LogP contribution >= 0.6 is 0 Å². The molecule has 0 aromatic heterocycles. The smallest absolute Gasteiger partial charge is 0.226 e. The molecular weight excluding hydrogens is 236 g/mol. The zero-order chi connectivity index (χ0) is 14.0. The third-order valence-electron chi connectivity index (χ3n) is 4.54. The van der Waals surface area contributed by atoms with Crippen LogP contribution in [0, 0.1) is 5.92 Å². The molecule has 1 fully saturated rings. The lowest BCUT2D eigenvalue weighted by molar-refractivity contribution is -0.137. The number of hydrogen-bond acceptors (Lipinski definition) is 2. The molecule has 3 heteroatoms. The molecule has 0 saturated carbocycles. The molecule has 0 bridgehead atoms. The molecule has 108 valence electrons. The van der Waals surface area contributed by atoms with Crippen LogP contribution in [-0.4, -0.2) is 47.4 Å². The normalized spacial score (nSPS) is 23.4. The van der Waals surface area contributed by atoms with E-state index < -0.39 is 0 Å². The van der Waals surface area contributed by atoms with Crippen LogP contribution in [0.3, 0.4) is 0 Å². The van der Waals surface area contributed by atoms with Crippen LogP contribution in [0.4, 0.5) is 0 Å². The van der Waals surface area contributed by atoms with Gasteiger partial charge in [-0.25, -0.2) is 0 Å².